The van der Waals surface area contributed by atoms with Crippen molar-refractivity contribution in [3.63, 3.8) is 0 Å². The number of amides is 2. The Kier molecular flexibility index (Phi) is 9.61. The van der Waals surface area contributed by atoms with Crippen LogP contribution >= 0.6 is 0 Å². The van der Waals surface area contributed by atoms with Gasteiger partial charge in [-0.1, -0.05) is 42.5 Å². The summed E-state index contributed by atoms with van der Waals surface area (Å²) in [4.78, 5) is 12.8. The number of carbonyl (C=O) groups is 1. The zero-order chi connectivity index (χ0) is 30.4. The zero-order valence-electron chi connectivity index (χ0n) is 20.5. The smallest absolute Gasteiger partial charge is 0.435 e. The van der Waals surface area contributed by atoms with Crippen LogP contribution in [0.15, 0.2) is 72.8 Å². The van der Waals surface area contributed by atoms with Gasteiger partial charge in [-0.25, -0.2) is 9.18 Å². The lowest BCUT2D eigenvalue weighted by atomic mass is 9.77. The minimum atomic E-state index is -5.06. The van der Waals surface area contributed by atoms with Crippen LogP contribution in [0.25, 0.3) is 0 Å². The molecule has 2 N–H and O–H groups in total. The number of nitrogens with one attached hydrogen (secondary N) is 2. The molecule has 0 bridgehead atoms. The van der Waals surface area contributed by atoms with Gasteiger partial charge in [-0.05, 0) is 41.0 Å². The Morgan fingerprint density at radius 1 is 0.805 bits per heavy atom. The van der Waals surface area contributed by atoms with Gasteiger partial charge >= 0.3 is 31.4 Å². The fourth-order valence-corrected chi connectivity index (χ4v) is 3.87. The average Bonchev–Trinajstić information content (AvgIpc) is 2.86. The monoisotopic (exact) mass is 598 g/mol. The molecular weight excluding hydrogens is 578 g/mol. The van der Waals surface area contributed by atoms with Crippen LogP contribution in [-0.4, -0.2) is 37.9 Å². The second kappa shape index (κ2) is 12.6. The van der Waals surface area contributed by atoms with Gasteiger partial charge in [-0.2, -0.15) is 39.5 Å². The van der Waals surface area contributed by atoms with Crippen LogP contribution in [0.2, 0.25) is 0 Å². The maximum Gasteiger partial charge on any atom is 0.461 e. The van der Waals surface area contributed by atoms with E-state index in [1.54, 1.807) is 23.5 Å². The van der Waals surface area contributed by atoms with E-state index in [1.165, 1.54) is 12.1 Å². The molecule has 3 rings (SSSR count). The molecule has 0 saturated carbocycles. The van der Waals surface area contributed by atoms with E-state index in [4.69, 9.17) is 0 Å². The van der Waals surface area contributed by atoms with E-state index in [0.29, 0.717) is 23.8 Å². The molecule has 0 saturated heterocycles. The number of hydrogen-bond donors (Lipinski definition) is 2. The molecule has 15 heteroatoms. The van der Waals surface area contributed by atoms with Crippen molar-refractivity contribution in [3.8, 4) is 11.5 Å². The third-order valence-corrected chi connectivity index (χ3v) is 5.53. The lowest BCUT2D eigenvalue weighted by molar-refractivity contribution is -0.253. The van der Waals surface area contributed by atoms with Crippen molar-refractivity contribution in [3.05, 3.63) is 95.3 Å². The summed E-state index contributed by atoms with van der Waals surface area (Å²) in [6.45, 7) is -5.01. The first-order valence-electron chi connectivity index (χ1n) is 11.5. The molecule has 0 aliphatic carbocycles. The summed E-state index contributed by atoms with van der Waals surface area (Å²) in [5.41, 5.74) is -2.23. The molecule has 0 radical (unpaired) electrons. The maximum absolute atomic E-state index is 14.7. The largest absolute Gasteiger partial charge is 0.461 e. The zero-order valence-corrected chi connectivity index (χ0v) is 20.5. The van der Waals surface area contributed by atoms with Gasteiger partial charge in [0.25, 0.3) is 0 Å². The second-order valence-corrected chi connectivity index (χ2v) is 8.53. The molecule has 3 aromatic carbocycles. The summed E-state index contributed by atoms with van der Waals surface area (Å²) >= 11 is 0. The molecule has 0 aliphatic rings. The van der Waals surface area contributed by atoms with Crippen LogP contribution in [0.5, 0.6) is 11.5 Å². The fourth-order valence-electron chi connectivity index (χ4n) is 3.87. The van der Waals surface area contributed by atoms with E-state index in [-0.39, 0.29) is 17.7 Å². The van der Waals surface area contributed by atoms with Crippen molar-refractivity contribution >= 4 is 6.03 Å². The highest BCUT2D eigenvalue weighted by molar-refractivity contribution is 5.76. The van der Waals surface area contributed by atoms with Crippen LogP contribution < -0.4 is 20.1 Å². The third kappa shape index (κ3) is 8.66. The van der Waals surface area contributed by atoms with Gasteiger partial charge in [0.2, 0.25) is 0 Å². The molecule has 41 heavy (non-hydrogen) atoms. The van der Waals surface area contributed by atoms with Crippen molar-refractivity contribution in [2.24, 2.45) is 0 Å². The van der Waals surface area contributed by atoms with E-state index in [9.17, 15) is 48.7 Å². The summed E-state index contributed by atoms with van der Waals surface area (Å²) in [6.07, 6.45) is -14.6. The van der Waals surface area contributed by atoms with Gasteiger partial charge in [0, 0.05) is 12.5 Å². The molecule has 2 amide bonds. The number of carbonyl (C=O) groups excluding carboxylic acids is 1. The number of ether oxygens (including phenoxy) is 2. The number of benzene rings is 3. The Morgan fingerprint density at radius 2 is 1.44 bits per heavy atom. The van der Waals surface area contributed by atoms with Gasteiger partial charge in [-0.15, -0.1) is 0 Å². The Labute approximate surface area is 226 Å². The Bertz CT molecular complexity index is 1310. The van der Waals surface area contributed by atoms with Gasteiger partial charge in [0.15, 0.2) is 0 Å². The highest BCUT2D eigenvalue weighted by Crippen LogP contribution is 2.38. The van der Waals surface area contributed by atoms with Gasteiger partial charge in [0.05, 0.1) is 5.54 Å². The lowest BCUT2D eigenvalue weighted by Gasteiger charge is -2.37. The highest BCUT2D eigenvalue weighted by atomic mass is 19.4. The highest BCUT2D eigenvalue weighted by Gasteiger charge is 2.45. The number of halogens is 10. The van der Waals surface area contributed by atoms with Crippen LogP contribution in [0, 0.1) is 5.82 Å². The molecule has 5 nitrogen and oxygen atoms in total. The Balaban J connectivity index is 2.23. The van der Waals surface area contributed by atoms with E-state index in [1.807, 2.05) is 0 Å². The predicted molar refractivity (Wildman–Crippen MR) is 125 cm³/mol. The van der Waals surface area contributed by atoms with Crippen LogP contribution in [0.3, 0.4) is 0 Å². The molecule has 0 heterocycles. The molecule has 1 unspecified atom stereocenters. The summed E-state index contributed by atoms with van der Waals surface area (Å²) in [7, 11) is 0. The van der Waals surface area contributed by atoms with E-state index in [0.717, 1.165) is 24.3 Å². The van der Waals surface area contributed by atoms with Crippen LogP contribution in [0.4, 0.5) is 48.7 Å². The summed E-state index contributed by atoms with van der Waals surface area (Å²) in [6, 6.07) is 12.3. The van der Waals surface area contributed by atoms with Crippen molar-refractivity contribution < 1.29 is 58.2 Å². The van der Waals surface area contributed by atoms with Crippen LogP contribution in [-0.2, 0) is 12.0 Å². The molecule has 1 atom stereocenters. The first-order valence-corrected chi connectivity index (χ1v) is 11.5. The Morgan fingerprint density at radius 3 is 2.00 bits per heavy atom. The molecule has 0 aliphatic heterocycles. The Hall–Kier alpha value is -4.17. The van der Waals surface area contributed by atoms with Gasteiger partial charge < -0.3 is 20.1 Å². The molecule has 0 fully saturated rings. The number of urea groups is 1. The molecule has 222 valence electrons. The van der Waals surface area contributed by atoms with Crippen LogP contribution in [0.1, 0.15) is 16.7 Å². The lowest BCUT2D eigenvalue weighted by Crippen LogP contribution is -2.53. The van der Waals surface area contributed by atoms with Crippen molar-refractivity contribution in [2.75, 3.05) is 6.54 Å². The quantitative estimate of drug-likeness (QED) is 0.234. The molecule has 0 aromatic heterocycles. The topological polar surface area (TPSA) is 59.6 Å². The molecule has 3 aromatic rings. The number of alkyl halides is 9. The summed E-state index contributed by atoms with van der Waals surface area (Å²) < 4.78 is 140. The van der Waals surface area contributed by atoms with Crippen molar-refractivity contribution in [2.45, 2.75) is 37.3 Å². The molecular formula is C26H20F10N2O3. The minimum absolute atomic E-state index is 0.0673. The SMILES string of the molecule is O=C(NCC(F)(F)F)NC(Cc1ccccc1)(c1ccc(OC(F)F)cc1)c1cc(F)cc(OC(F)(F)C(F)F)c1. The van der Waals surface area contributed by atoms with Crippen molar-refractivity contribution in [1.82, 2.24) is 10.6 Å². The average molecular weight is 598 g/mol. The minimum Gasteiger partial charge on any atom is -0.435 e. The first-order chi connectivity index (χ1) is 19.1. The van der Waals surface area contributed by atoms with E-state index in [2.05, 4.69) is 14.8 Å². The fraction of sp³-hybridized carbons (Fsp3) is 0.269. The molecule has 0 spiro atoms. The maximum atomic E-state index is 14.7. The third-order valence-electron chi connectivity index (χ3n) is 5.53. The summed E-state index contributed by atoms with van der Waals surface area (Å²) in [5, 5.41) is 3.87. The predicted octanol–water partition coefficient (Wildman–Crippen LogP) is 7.01. The van der Waals surface area contributed by atoms with E-state index < -0.39 is 60.6 Å². The van der Waals surface area contributed by atoms with Gasteiger partial charge in [-0.3, -0.25) is 0 Å². The normalized spacial score (nSPS) is 13.6. The van der Waals surface area contributed by atoms with E-state index >= 15 is 0 Å². The number of rotatable bonds is 11. The van der Waals surface area contributed by atoms with Crippen molar-refractivity contribution in [1.29, 1.82) is 0 Å². The number of hydrogen-bond acceptors (Lipinski definition) is 3. The summed E-state index contributed by atoms with van der Waals surface area (Å²) in [5.74, 6) is -2.76. The first kappa shape index (κ1) is 31.4. The standard InChI is InChI=1S/C26H20F10N2O3/c27-18-10-17(11-20(12-18)41-26(35,36)21(28)29)24(13-15-4-2-1-3-5-15,38-23(39)37-14-25(32,33)34)16-6-8-19(9-7-16)40-22(30)31/h1-12,21-22H,13-14H2,(H2,37,38,39). The second-order valence-electron chi connectivity index (χ2n) is 8.53. The van der Waals surface area contributed by atoms with Gasteiger partial charge in [0.1, 0.15) is 23.9 Å².